The number of carbonyl (C=O) groups excluding carboxylic acids is 2. The van der Waals surface area contributed by atoms with Crippen molar-refractivity contribution < 1.29 is 24.2 Å². The van der Waals surface area contributed by atoms with Crippen molar-refractivity contribution in [2.75, 3.05) is 19.0 Å². The summed E-state index contributed by atoms with van der Waals surface area (Å²) in [6.45, 7) is 1.68. The summed E-state index contributed by atoms with van der Waals surface area (Å²) in [5.41, 5.74) is 1.58. The zero-order valence-electron chi connectivity index (χ0n) is 18.4. The highest BCUT2D eigenvalue weighted by molar-refractivity contribution is 5.91. The maximum absolute atomic E-state index is 12.5. The summed E-state index contributed by atoms with van der Waals surface area (Å²) in [5, 5.41) is 18.4. The van der Waals surface area contributed by atoms with Crippen LogP contribution in [0, 0.1) is 0 Å². The average Bonchev–Trinajstić information content (AvgIpc) is 2.80. The monoisotopic (exact) mass is 441 g/mol. The Balaban J connectivity index is 1.48. The fourth-order valence-electron chi connectivity index (χ4n) is 3.85. The molecule has 3 amide bonds. The molecule has 1 saturated heterocycles. The molecular weight excluding hydrogens is 410 g/mol. The van der Waals surface area contributed by atoms with Crippen LogP contribution in [0.2, 0.25) is 0 Å². The molecule has 0 aromatic heterocycles. The predicted molar refractivity (Wildman–Crippen MR) is 122 cm³/mol. The third-order valence-corrected chi connectivity index (χ3v) is 5.56. The number of nitrogens with one attached hydrogen (secondary N) is 3. The fraction of sp³-hybridized carbons (Fsp3) is 0.417. The molecule has 1 fully saturated rings. The van der Waals surface area contributed by atoms with Crippen LogP contribution in [0.15, 0.2) is 54.6 Å². The van der Waals surface area contributed by atoms with Gasteiger partial charge in [-0.2, -0.15) is 0 Å². The topological polar surface area (TPSA) is 109 Å². The smallest absolute Gasteiger partial charge is 0.319 e. The van der Waals surface area contributed by atoms with Gasteiger partial charge in [-0.25, -0.2) is 4.79 Å². The quantitative estimate of drug-likeness (QED) is 0.504. The van der Waals surface area contributed by atoms with Crippen LogP contribution in [-0.2, 0) is 9.53 Å². The molecule has 0 bridgehead atoms. The van der Waals surface area contributed by atoms with E-state index in [1.807, 2.05) is 43.3 Å². The molecule has 4 N–H and O–H groups in total. The van der Waals surface area contributed by atoms with Crippen LogP contribution in [0.3, 0.4) is 0 Å². The van der Waals surface area contributed by atoms with Gasteiger partial charge in [0.2, 0.25) is 5.91 Å². The number of aliphatic hydroxyl groups excluding tert-OH is 1. The molecule has 8 nitrogen and oxygen atoms in total. The molecule has 1 aliphatic heterocycles. The first-order valence-electron chi connectivity index (χ1n) is 10.8. The largest absolute Gasteiger partial charge is 0.495 e. The van der Waals surface area contributed by atoms with Crippen LogP contribution < -0.4 is 20.7 Å². The van der Waals surface area contributed by atoms with Crippen LogP contribution in [0.1, 0.15) is 37.8 Å². The zero-order chi connectivity index (χ0) is 22.9. The molecule has 172 valence electrons. The molecule has 2 aromatic rings. The van der Waals surface area contributed by atoms with Crippen molar-refractivity contribution in [3.8, 4) is 5.75 Å². The number of hydrogen-bond donors (Lipinski definition) is 4. The molecule has 0 unspecified atom stereocenters. The molecule has 1 aliphatic rings. The van der Waals surface area contributed by atoms with E-state index in [-0.39, 0.29) is 37.1 Å². The Kier molecular flexibility index (Phi) is 8.47. The molecule has 0 radical (unpaired) electrons. The molecule has 0 spiro atoms. The Morgan fingerprint density at radius 3 is 2.56 bits per heavy atom. The lowest BCUT2D eigenvalue weighted by Crippen LogP contribution is -2.52. The summed E-state index contributed by atoms with van der Waals surface area (Å²) < 4.78 is 11.2. The number of para-hydroxylation sites is 2. The number of methoxy groups -OCH3 is 1. The average molecular weight is 442 g/mol. The summed E-state index contributed by atoms with van der Waals surface area (Å²) in [6, 6.07) is 16.0. The second kappa shape index (κ2) is 11.5. The minimum absolute atomic E-state index is 0.103. The van der Waals surface area contributed by atoms with Crippen molar-refractivity contribution in [2.45, 2.75) is 50.5 Å². The molecular formula is C24H31N3O5. The number of amides is 3. The van der Waals surface area contributed by atoms with Crippen molar-refractivity contribution in [1.29, 1.82) is 0 Å². The second-order valence-corrected chi connectivity index (χ2v) is 7.87. The summed E-state index contributed by atoms with van der Waals surface area (Å²) in [5.74, 6) is 0.445. The van der Waals surface area contributed by atoms with Crippen LogP contribution in [0.5, 0.6) is 5.75 Å². The zero-order valence-corrected chi connectivity index (χ0v) is 18.4. The number of anilines is 1. The number of benzene rings is 2. The third kappa shape index (κ3) is 6.45. The number of aliphatic hydroxyl groups is 1. The van der Waals surface area contributed by atoms with Crippen LogP contribution in [0.25, 0.3) is 0 Å². The van der Waals surface area contributed by atoms with E-state index in [2.05, 4.69) is 16.0 Å². The Hall–Kier alpha value is -3.10. The molecule has 0 aliphatic carbocycles. The van der Waals surface area contributed by atoms with E-state index in [0.717, 1.165) is 5.56 Å². The van der Waals surface area contributed by atoms with Gasteiger partial charge in [-0.3, -0.25) is 4.79 Å². The minimum Gasteiger partial charge on any atom is -0.495 e. The molecule has 2 aromatic carbocycles. The first-order chi connectivity index (χ1) is 15.5. The van der Waals surface area contributed by atoms with Gasteiger partial charge in [0, 0.05) is 0 Å². The van der Waals surface area contributed by atoms with Gasteiger partial charge in [0.1, 0.15) is 11.9 Å². The van der Waals surface area contributed by atoms with Gasteiger partial charge in [0.25, 0.3) is 0 Å². The van der Waals surface area contributed by atoms with Crippen LogP contribution in [0.4, 0.5) is 10.5 Å². The van der Waals surface area contributed by atoms with E-state index in [9.17, 15) is 14.7 Å². The number of rotatable bonds is 8. The molecule has 3 rings (SSSR count). The number of carbonyl (C=O) groups is 2. The van der Waals surface area contributed by atoms with Gasteiger partial charge in [-0.15, -0.1) is 0 Å². The predicted octanol–water partition coefficient (Wildman–Crippen LogP) is 2.99. The van der Waals surface area contributed by atoms with E-state index in [1.165, 1.54) is 7.11 Å². The Morgan fingerprint density at radius 1 is 1.12 bits per heavy atom. The molecule has 32 heavy (non-hydrogen) atoms. The summed E-state index contributed by atoms with van der Waals surface area (Å²) in [6.07, 6.45) is 0.496. The third-order valence-electron chi connectivity index (χ3n) is 5.56. The molecule has 4 atom stereocenters. The highest BCUT2D eigenvalue weighted by Gasteiger charge is 2.33. The maximum atomic E-state index is 12.5. The van der Waals surface area contributed by atoms with E-state index < -0.39 is 12.1 Å². The SMILES string of the molecule is COc1ccccc1NC(=O)N[C@H]1CC[C@@H](CC(=O)N[C@@H](C)c2ccccc2)O[C@H]1CO. The Morgan fingerprint density at radius 2 is 1.84 bits per heavy atom. The van der Waals surface area contributed by atoms with Crippen LogP contribution in [-0.4, -0.2) is 49.0 Å². The number of ether oxygens (including phenoxy) is 2. The molecule has 8 heteroatoms. The van der Waals surface area contributed by atoms with Crippen LogP contribution >= 0.6 is 0 Å². The molecule has 1 heterocycles. The Labute approximate surface area is 188 Å². The fourth-order valence-corrected chi connectivity index (χ4v) is 3.85. The lowest BCUT2D eigenvalue weighted by molar-refractivity contribution is -0.131. The second-order valence-electron chi connectivity index (χ2n) is 7.87. The van der Waals surface area contributed by atoms with Crippen molar-refractivity contribution in [2.24, 2.45) is 0 Å². The summed E-state index contributed by atoms with van der Waals surface area (Å²) in [4.78, 5) is 24.9. The van der Waals surface area contributed by atoms with E-state index >= 15 is 0 Å². The summed E-state index contributed by atoms with van der Waals surface area (Å²) >= 11 is 0. The first-order valence-corrected chi connectivity index (χ1v) is 10.8. The van der Waals surface area contributed by atoms with Gasteiger partial charge in [-0.1, -0.05) is 42.5 Å². The summed E-state index contributed by atoms with van der Waals surface area (Å²) in [7, 11) is 1.53. The highest BCUT2D eigenvalue weighted by Crippen LogP contribution is 2.25. The number of hydrogen-bond acceptors (Lipinski definition) is 5. The van der Waals surface area contributed by atoms with Gasteiger partial charge < -0.3 is 30.5 Å². The van der Waals surface area contributed by atoms with Crippen molar-refractivity contribution in [3.63, 3.8) is 0 Å². The normalized spacial score (nSPS) is 21.3. The standard InChI is InChI=1S/C24H31N3O5/c1-16(17-8-4-3-5-9-17)25-23(29)14-18-12-13-20(22(15-28)32-18)27-24(30)26-19-10-6-7-11-21(19)31-2/h3-11,16,18,20,22,28H,12-15H2,1-2H3,(H,25,29)(H2,26,27,30)/t16-,18-,20-,22-/m0/s1. The van der Waals surface area contributed by atoms with Gasteiger partial charge in [0.05, 0.1) is 44.0 Å². The van der Waals surface area contributed by atoms with E-state index in [0.29, 0.717) is 24.3 Å². The van der Waals surface area contributed by atoms with Gasteiger partial charge in [-0.05, 0) is 37.5 Å². The van der Waals surface area contributed by atoms with Gasteiger partial charge in [0.15, 0.2) is 0 Å². The number of urea groups is 1. The lowest BCUT2D eigenvalue weighted by Gasteiger charge is -2.36. The van der Waals surface area contributed by atoms with Crippen molar-refractivity contribution >= 4 is 17.6 Å². The minimum atomic E-state index is -0.587. The lowest BCUT2D eigenvalue weighted by atomic mass is 9.97. The van der Waals surface area contributed by atoms with E-state index in [4.69, 9.17) is 9.47 Å². The highest BCUT2D eigenvalue weighted by atomic mass is 16.5. The van der Waals surface area contributed by atoms with Gasteiger partial charge >= 0.3 is 6.03 Å². The Bertz CT molecular complexity index is 892. The maximum Gasteiger partial charge on any atom is 0.319 e. The van der Waals surface area contributed by atoms with Crippen molar-refractivity contribution in [1.82, 2.24) is 10.6 Å². The van der Waals surface area contributed by atoms with Crippen molar-refractivity contribution in [3.05, 3.63) is 60.2 Å². The van der Waals surface area contributed by atoms with E-state index in [1.54, 1.807) is 18.2 Å². The first kappa shape index (κ1) is 23.6. The molecule has 0 saturated carbocycles.